The minimum Gasteiger partial charge on any atom is -0.460 e. The molecule has 47 heavy (non-hydrogen) atoms. The molecule has 252 valence electrons. The van der Waals surface area contributed by atoms with Gasteiger partial charge in [0.2, 0.25) is 0 Å². The highest BCUT2D eigenvalue weighted by Crippen LogP contribution is 2.35. The molecule has 3 unspecified atom stereocenters. The molecule has 0 N–H and O–H groups in total. The second-order valence-corrected chi connectivity index (χ2v) is 15.3. The number of rotatable bonds is 11. The molecule has 0 aliphatic heterocycles. The third-order valence-corrected chi connectivity index (χ3v) is 8.84. The lowest BCUT2D eigenvalue weighted by molar-refractivity contribution is -0.161. The Kier molecular flexibility index (Phi) is 12.1. The van der Waals surface area contributed by atoms with Crippen molar-refractivity contribution in [3.8, 4) is 23.0 Å². The van der Waals surface area contributed by atoms with Gasteiger partial charge in [-0.05, 0) is 116 Å². The Bertz CT molecular complexity index is 1520. The standard InChI is InChI=1S/C40H53N3O4/c1-28-11-18-32(19-12-28)36-26-34(42-43(36)35-22-15-31(27-41)16-23-35)21-20-33(38(45)47-40(5,6)7)25-30-10-8-9-29(13-14-30)17-24-37(44)46-39(2,3)4/h11-12,15-16,18-19,22-23,26,29-30,33H,8-10,13-14,17,20-21,24-25H2,1-7H3. The molecule has 1 aliphatic rings. The number of carbonyl (C=O) groups is 2. The lowest BCUT2D eigenvalue weighted by atomic mass is 9.85. The Morgan fingerprint density at radius 2 is 1.55 bits per heavy atom. The van der Waals surface area contributed by atoms with Crippen LogP contribution >= 0.6 is 0 Å². The summed E-state index contributed by atoms with van der Waals surface area (Å²) >= 11 is 0. The van der Waals surface area contributed by atoms with Crippen molar-refractivity contribution in [1.82, 2.24) is 9.78 Å². The van der Waals surface area contributed by atoms with Gasteiger partial charge in [-0.3, -0.25) is 9.59 Å². The molecule has 3 aromatic rings. The van der Waals surface area contributed by atoms with Gasteiger partial charge in [0, 0.05) is 12.0 Å². The molecule has 2 aromatic carbocycles. The van der Waals surface area contributed by atoms with Gasteiger partial charge in [0.15, 0.2) is 0 Å². The summed E-state index contributed by atoms with van der Waals surface area (Å²) in [6.45, 7) is 13.6. The number of aromatic nitrogens is 2. The molecule has 4 rings (SSSR count). The van der Waals surface area contributed by atoms with E-state index in [0.29, 0.717) is 36.7 Å². The van der Waals surface area contributed by atoms with Crippen molar-refractivity contribution >= 4 is 11.9 Å². The summed E-state index contributed by atoms with van der Waals surface area (Å²) in [5.74, 6) is 0.488. The van der Waals surface area contributed by atoms with Crippen LogP contribution in [-0.4, -0.2) is 32.9 Å². The first-order valence-electron chi connectivity index (χ1n) is 17.3. The van der Waals surface area contributed by atoms with Crippen LogP contribution in [0.15, 0.2) is 54.6 Å². The average molecular weight is 640 g/mol. The predicted octanol–water partition coefficient (Wildman–Crippen LogP) is 9.32. The van der Waals surface area contributed by atoms with Crippen LogP contribution in [0.4, 0.5) is 0 Å². The molecule has 0 radical (unpaired) electrons. The van der Waals surface area contributed by atoms with Crippen molar-refractivity contribution < 1.29 is 19.1 Å². The highest BCUT2D eigenvalue weighted by molar-refractivity contribution is 5.73. The van der Waals surface area contributed by atoms with Crippen molar-refractivity contribution in [3.05, 3.63) is 71.4 Å². The van der Waals surface area contributed by atoms with E-state index in [9.17, 15) is 14.9 Å². The van der Waals surface area contributed by atoms with E-state index in [0.717, 1.165) is 67.6 Å². The highest BCUT2D eigenvalue weighted by Gasteiger charge is 2.30. The summed E-state index contributed by atoms with van der Waals surface area (Å²) in [5.41, 5.74) is 4.61. The zero-order chi connectivity index (χ0) is 34.2. The minimum atomic E-state index is -0.554. The van der Waals surface area contributed by atoms with E-state index in [4.69, 9.17) is 14.6 Å². The summed E-state index contributed by atoms with van der Waals surface area (Å²) in [5, 5.41) is 14.3. The first-order chi connectivity index (χ1) is 22.2. The van der Waals surface area contributed by atoms with Gasteiger partial charge < -0.3 is 9.47 Å². The maximum absolute atomic E-state index is 13.6. The van der Waals surface area contributed by atoms with Crippen LogP contribution in [0.2, 0.25) is 0 Å². The average Bonchev–Trinajstić information content (AvgIpc) is 3.29. The summed E-state index contributed by atoms with van der Waals surface area (Å²) in [7, 11) is 0. The second-order valence-electron chi connectivity index (χ2n) is 15.3. The molecule has 0 spiro atoms. The molecule has 1 fully saturated rings. The predicted molar refractivity (Wildman–Crippen MR) is 186 cm³/mol. The smallest absolute Gasteiger partial charge is 0.309 e. The van der Waals surface area contributed by atoms with Crippen molar-refractivity contribution in [3.63, 3.8) is 0 Å². The summed E-state index contributed by atoms with van der Waals surface area (Å²) in [6.07, 6.45) is 8.89. The largest absolute Gasteiger partial charge is 0.460 e. The van der Waals surface area contributed by atoms with Gasteiger partial charge >= 0.3 is 11.9 Å². The van der Waals surface area contributed by atoms with E-state index in [1.807, 2.05) is 70.5 Å². The monoisotopic (exact) mass is 639 g/mol. The number of carbonyl (C=O) groups excluding carboxylic acids is 2. The van der Waals surface area contributed by atoms with Gasteiger partial charge in [-0.25, -0.2) is 4.68 Å². The van der Waals surface area contributed by atoms with Gasteiger partial charge in [-0.1, -0.05) is 61.9 Å². The molecule has 1 heterocycles. The Morgan fingerprint density at radius 1 is 0.915 bits per heavy atom. The van der Waals surface area contributed by atoms with E-state index in [1.165, 1.54) is 5.56 Å². The van der Waals surface area contributed by atoms with Crippen LogP contribution in [0.1, 0.15) is 116 Å². The highest BCUT2D eigenvalue weighted by atomic mass is 16.6. The van der Waals surface area contributed by atoms with Gasteiger partial charge in [-0.2, -0.15) is 10.4 Å². The van der Waals surface area contributed by atoms with E-state index in [-0.39, 0.29) is 17.9 Å². The molecule has 1 saturated carbocycles. The molecule has 0 bridgehead atoms. The minimum absolute atomic E-state index is 0.115. The van der Waals surface area contributed by atoms with Gasteiger partial charge in [0.25, 0.3) is 0 Å². The molecule has 7 nitrogen and oxygen atoms in total. The Balaban J connectivity index is 1.47. The van der Waals surface area contributed by atoms with E-state index < -0.39 is 11.2 Å². The van der Waals surface area contributed by atoms with Crippen molar-refractivity contribution in [1.29, 1.82) is 5.26 Å². The molecular formula is C40H53N3O4. The van der Waals surface area contributed by atoms with E-state index >= 15 is 0 Å². The molecule has 0 saturated heterocycles. The van der Waals surface area contributed by atoms with Crippen LogP contribution in [-0.2, 0) is 25.5 Å². The van der Waals surface area contributed by atoms with Gasteiger partial charge in [-0.15, -0.1) is 0 Å². The quantitative estimate of drug-likeness (QED) is 0.153. The number of benzene rings is 2. The first-order valence-corrected chi connectivity index (χ1v) is 17.3. The fraction of sp³-hybridized carbons (Fsp3) is 0.550. The Hall–Kier alpha value is -3.92. The van der Waals surface area contributed by atoms with Crippen molar-refractivity contribution in [2.24, 2.45) is 17.8 Å². The van der Waals surface area contributed by atoms with E-state index in [1.54, 1.807) is 0 Å². The van der Waals surface area contributed by atoms with Crippen molar-refractivity contribution in [2.45, 2.75) is 124 Å². The SMILES string of the molecule is Cc1ccc(-c2cc(CCC(CC3CCCC(CCC(=O)OC(C)(C)C)CC3)C(=O)OC(C)(C)C)nn2-c2ccc(C#N)cc2)cc1. The molecule has 7 heteroatoms. The number of ether oxygens (including phenoxy) is 2. The summed E-state index contributed by atoms with van der Waals surface area (Å²) in [4.78, 5) is 25.9. The Labute approximate surface area is 281 Å². The van der Waals surface area contributed by atoms with Crippen LogP contribution in [0, 0.1) is 36.0 Å². The molecular weight excluding hydrogens is 586 g/mol. The maximum atomic E-state index is 13.6. The fourth-order valence-electron chi connectivity index (χ4n) is 6.49. The zero-order valence-electron chi connectivity index (χ0n) is 29.5. The fourth-order valence-corrected chi connectivity index (χ4v) is 6.49. The van der Waals surface area contributed by atoms with E-state index in [2.05, 4.69) is 43.3 Å². The lowest BCUT2D eigenvalue weighted by Crippen LogP contribution is -2.30. The molecule has 1 aliphatic carbocycles. The maximum Gasteiger partial charge on any atom is 0.309 e. The van der Waals surface area contributed by atoms with Gasteiger partial charge in [0.05, 0.1) is 34.6 Å². The third-order valence-electron chi connectivity index (χ3n) is 8.84. The van der Waals surface area contributed by atoms with Crippen LogP contribution in [0.5, 0.6) is 0 Å². The second kappa shape index (κ2) is 15.8. The molecule has 3 atom stereocenters. The zero-order valence-corrected chi connectivity index (χ0v) is 29.5. The summed E-state index contributed by atoms with van der Waals surface area (Å²) < 4.78 is 13.4. The number of nitrogens with zero attached hydrogens (tertiary/aromatic N) is 3. The third kappa shape index (κ3) is 11.4. The van der Waals surface area contributed by atoms with Crippen molar-refractivity contribution in [2.75, 3.05) is 0 Å². The number of nitriles is 1. The normalized spacial score (nSPS) is 17.7. The number of esters is 2. The number of hydrogen-bond donors (Lipinski definition) is 0. The van der Waals surface area contributed by atoms with Crippen LogP contribution in [0.25, 0.3) is 16.9 Å². The van der Waals surface area contributed by atoms with Gasteiger partial charge in [0.1, 0.15) is 11.2 Å². The number of aryl methyl sites for hydroxylation is 2. The molecule has 1 aromatic heterocycles. The molecule has 0 amide bonds. The van der Waals surface area contributed by atoms with Crippen LogP contribution in [0.3, 0.4) is 0 Å². The topological polar surface area (TPSA) is 94.2 Å². The van der Waals surface area contributed by atoms with Crippen LogP contribution < -0.4 is 0 Å². The Morgan fingerprint density at radius 3 is 2.19 bits per heavy atom. The first kappa shape index (κ1) is 35.9. The number of hydrogen-bond acceptors (Lipinski definition) is 6. The summed E-state index contributed by atoms with van der Waals surface area (Å²) in [6, 6.07) is 20.2. The lowest BCUT2D eigenvalue weighted by Gasteiger charge is -2.26.